The summed E-state index contributed by atoms with van der Waals surface area (Å²) in [5.41, 5.74) is 18.3. The van der Waals surface area contributed by atoms with E-state index in [9.17, 15) is 55.2 Å². The molecule has 0 unspecified atom stereocenters. The second-order valence-electron chi connectivity index (χ2n) is 7.88. The smallest absolute Gasteiger partial charge is 0.329 e. The van der Waals surface area contributed by atoms with E-state index < -0.39 is 15.6 Å². The summed E-state index contributed by atoms with van der Waals surface area (Å²) in [6, 6.07) is 20.8. The largest absolute Gasteiger partial charge is 4.00 e. The van der Waals surface area contributed by atoms with Crippen LogP contribution in [-0.4, -0.2) is 44.8 Å². The molecule has 266 valence electrons. The molecular weight excluding hydrogens is 785 g/mol. The Morgan fingerprint density at radius 2 is 1.07 bits per heavy atom. The topological polar surface area (TPSA) is 162 Å². The number of aromatic amines is 1. The third kappa shape index (κ3) is 32.5. The van der Waals surface area contributed by atoms with Crippen LogP contribution < -0.4 is 22.8 Å². The summed E-state index contributed by atoms with van der Waals surface area (Å²) in [5.74, 6) is 0.118. The van der Waals surface area contributed by atoms with Gasteiger partial charge in [-0.3, -0.25) is 9.78 Å². The van der Waals surface area contributed by atoms with Gasteiger partial charge in [0.05, 0.1) is 6.33 Å². The van der Waals surface area contributed by atoms with E-state index in [2.05, 4.69) is 63.5 Å². The van der Waals surface area contributed by atoms with Gasteiger partial charge in [-0.2, -0.15) is 4.98 Å². The van der Waals surface area contributed by atoms with Crippen LogP contribution in [0.1, 0.15) is 6.92 Å². The summed E-state index contributed by atoms with van der Waals surface area (Å²) in [4.78, 5) is 21.6. The van der Waals surface area contributed by atoms with Crippen molar-refractivity contribution in [3.05, 3.63) is 77.3 Å². The van der Waals surface area contributed by atoms with Gasteiger partial charge in [-0.05, 0) is 18.1 Å². The molecule has 8 N–H and O–H groups in total. The number of anilines is 1. The van der Waals surface area contributed by atoms with Crippen LogP contribution in [0.2, 0.25) is 0 Å². The molecule has 4 rings (SSSR count). The minimum absolute atomic E-state index is 0. The van der Waals surface area contributed by atoms with Crippen LogP contribution in [0.15, 0.2) is 71.8 Å². The number of aliphatic hydroxyl groups excluding tert-OH is 1. The first-order valence-corrected chi connectivity index (χ1v) is 15.8. The quantitative estimate of drug-likeness (QED) is 0.0789. The number of nitrogens with one attached hydrogen (secondary N) is 1. The summed E-state index contributed by atoms with van der Waals surface area (Å²) in [7, 11) is -20.3. The number of H-pyrrole nitrogens is 1. The van der Waals surface area contributed by atoms with Crippen molar-refractivity contribution in [1.29, 1.82) is 0 Å². The van der Waals surface area contributed by atoms with Crippen molar-refractivity contribution < 1.29 is 74.9 Å². The van der Waals surface area contributed by atoms with Gasteiger partial charge in [-0.15, -0.1) is 0 Å². The number of hydrogen-bond donors (Lipinski definition) is 5. The molecular formula is C22H31F12N7O2P2Ru+2. The SMILES string of the molecule is CCn1cnc2c(=O)[nH]c(N)nc21.CO.F[P-](F)(F)(F)(F)F.F[P-](F)(F)(F)(F)F.NCCN.[Ru+4].c1ccc(-c2ccccc2)cc1. The van der Waals surface area contributed by atoms with E-state index in [4.69, 9.17) is 22.3 Å². The number of aliphatic hydroxyl groups is 1. The van der Waals surface area contributed by atoms with Gasteiger partial charge in [-0.25, -0.2) is 4.98 Å². The van der Waals surface area contributed by atoms with E-state index in [1.165, 1.54) is 11.1 Å². The van der Waals surface area contributed by atoms with Crippen molar-refractivity contribution in [2.45, 2.75) is 13.5 Å². The summed E-state index contributed by atoms with van der Waals surface area (Å²) in [6.07, 6.45) is 1.58. The van der Waals surface area contributed by atoms with E-state index in [0.717, 1.165) is 7.11 Å². The molecule has 0 fully saturated rings. The zero-order chi connectivity index (χ0) is 35.9. The average Bonchev–Trinajstić information content (AvgIpc) is 3.31. The van der Waals surface area contributed by atoms with Gasteiger partial charge in [0.15, 0.2) is 11.2 Å². The predicted molar refractivity (Wildman–Crippen MR) is 154 cm³/mol. The normalized spacial score (nSPS) is 13.4. The van der Waals surface area contributed by atoms with Gasteiger partial charge in [-0.1, -0.05) is 60.7 Å². The molecule has 0 amide bonds. The fraction of sp³-hybridized carbons (Fsp3) is 0.227. The van der Waals surface area contributed by atoms with E-state index in [-0.39, 0.29) is 31.0 Å². The Balaban J connectivity index is -0.000000520. The van der Waals surface area contributed by atoms with Crippen molar-refractivity contribution in [3.8, 4) is 11.1 Å². The van der Waals surface area contributed by atoms with Crippen LogP contribution in [-0.2, 0) is 26.0 Å². The number of fused-ring (bicyclic) bond motifs is 1. The number of nitrogens with two attached hydrogens (primary N) is 3. The number of benzene rings is 2. The Bertz CT molecular complexity index is 1400. The second-order valence-corrected chi connectivity index (χ2v) is 11.7. The monoisotopic (exact) mass is 817 g/mol. The second kappa shape index (κ2) is 16.8. The first-order chi connectivity index (χ1) is 20.0. The van der Waals surface area contributed by atoms with Crippen LogP contribution in [0, 0.1) is 0 Å². The van der Waals surface area contributed by atoms with E-state index >= 15 is 0 Å². The number of hydrogen-bond acceptors (Lipinski definition) is 7. The van der Waals surface area contributed by atoms with Crippen LogP contribution in [0.3, 0.4) is 0 Å². The molecule has 0 spiro atoms. The maximum Gasteiger partial charge on any atom is 4.00 e. The third-order valence-corrected chi connectivity index (χ3v) is 3.88. The van der Waals surface area contributed by atoms with Gasteiger partial charge in [0.1, 0.15) is 0 Å². The van der Waals surface area contributed by atoms with Crippen molar-refractivity contribution in [2.24, 2.45) is 11.5 Å². The molecule has 9 nitrogen and oxygen atoms in total. The Kier molecular flexibility index (Phi) is 17.3. The van der Waals surface area contributed by atoms with E-state index in [1.807, 2.05) is 19.1 Å². The maximum atomic E-state index is 11.3. The summed E-state index contributed by atoms with van der Waals surface area (Å²) in [6.45, 7) is 3.85. The van der Waals surface area contributed by atoms with Gasteiger partial charge in [0, 0.05) is 26.7 Å². The minimum Gasteiger partial charge on any atom is -0.329 e. The number of nitrogen functional groups attached to an aromatic ring is 1. The fourth-order valence-electron chi connectivity index (χ4n) is 2.46. The van der Waals surface area contributed by atoms with E-state index in [1.54, 1.807) is 10.9 Å². The number of halogens is 12. The Morgan fingerprint density at radius 1 is 0.739 bits per heavy atom. The number of nitrogens with zero attached hydrogens (tertiary/aromatic N) is 3. The standard InChI is InChI=1S/C12H10.C7H9N5O.C2H8N2.CH4O.2F6P.Ru/c1-3-7-11(8-4-1)12-9-5-2-6-10-12;1-2-12-3-9-4-5(12)10-7(8)11-6(4)13;3-1-2-4;1-2;2*1-7(2,3,4,5)6;/h1-10H;3H,2H2,1H3,(H3,8,10,11,13);1-4H2;2H,1H3;;;/q;;;;2*-1;+4. The molecule has 2 heterocycles. The summed E-state index contributed by atoms with van der Waals surface area (Å²) in [5, 5.41) is 7.00. The van der Waals surface area contributed by atoms with Gasteiger partial charge in [0.2, 0.25) is 5.95 Å². The van der Waals surface area contributed by atoms with Gasteiger partial charge < -0.3 is 26.9 Å². The van der Waals surface area contributed by atoms with Crippen molar-refractivity contribution in [3.63, 3.8) is 0 Å². The molecule has 24 heteroatoms. The van der Waals surface area contributed by atoms with E-state index in [0.29, 0.717) is 30.8 Å². The number of aromatic nitrogens is 4. The van der Waals surface area contributed by atoms with Crippen LogP contribution in [0.25, 0.3) is 22.3 Å². The molecule has 0 atom stereocenters. The first kappa shape index (κ1) is 47.5. The van der Waals surface area contributed by atoms with Gasteiger partial charge >= 0.3 is 85.5 Å². The zero-order valence-electron chi connectivity index (χ0n) is 23.7. The molecule has 0 saturated heterocycles. The fourth-order valence-corrected chi connectivity index (χ4v) is 2.46. The molecule has 0 aliphatic carbocycles. The zero-order valence-corrected chi connectivity index (χ0v) is 27.2. The Hall–Kier alpha value is -2.89. The molecule has 0 saturated carbocycles. The molecule has 0 aliphatic rings. The number of imidazole rings is 1. The number of aryl methyl sites for hydroxylation is 1. The Morgan fingerprint density at radius 3 is 1.35 bits per heavy atom. The first-order valence-electron chi connectivity index (χ1n) is 11.8. The van der Waals surface area contributed by atoms with Crippen molar-refractivity contribution in [2.75, 3.05) is 25.9 Å². The summed E-state index contributed by atoms with van der Waals surface area (Å²) < 4.78 is 120. The third-order valence-electron chi connectivity index (χ3n) is 3.88. The average molecular weight is 817 g/mol. The van der Waals surface area contributed by atoms with Crippen molar-refractivity contribution in [1.82, 2.24) is 19.5 Å². The molecule has 4 aromatic rings. The van der Waals surface area contributed by atoms with Gasteiger partial charge in [0.25, 0.3) is 5.56 Å². The maximum absolute atomic E-state index is 11.3. The van der Waals surface area contributed by atoms with Crippen LogP contribution >= 0.6 is 15.6 Å². The molecule has 0 radical (unpaired) electrons. The minimum atomic E-state index is -10.7. The Labute approximate surface area is 266 Å². The van der Waals surface area contributed by atoms with Crippen LogP contribution in [0.4, 0.5) is 56.3 Å². The molecule has 0 aliphatic heterocycles. The molecule has 2 aromatic heterocycles. The summed E-state index contributed by atoms with van der Waals surface area (Å²) >= 11 is 0. The molecule has 0 bridgehead atoms. The number of rotatable bonds is 3. The molecule has 46 heavy (non-hydrogen) atoms. The molecule has 2 aromatic carbocycles. The predicted octanol–water partition coefficient (Wildman–Crippen LogP) is 8.35. The van der Waals surface area contributed by atoms with Crippen molar-refractivity contribution >= 4 is 32.7 Å². The van der Waals surface area contributed by atoms with Crippen LogP contribution in [0.5, 0.6) is 0 Å².